The Bertz CT molecular complexity index is 835. The van der Waals surface area contributed by atoms with Crippen molar-refractivity contribution in [1.82, 2.24) is 0 Å². The SMILES string of the molecule is NS(=O)(=O)c1cccc(NC(=O)COC(=O)CSCc2cccs2)c1. The topological polar surface area (TPSA) is 116 Å². The van der Waals surface area contributed by atoms with Crippen LogP contribution >= 0.6 is 23.1 Å². The second-order valence-corrected chi connectivity index (χ2v) is 8.43. The third-order valence-corrected chi connectivity index (χ3v) is 5.78. The molecule has 0 fully saturated rings. The highest BCUT2D eigenvalue weighted by molar-refractivity contribution is 7.99. The van der Waals surface area contributed by atoms with Gasteiger partial charge in [0.15, 0.2) is 6.61 Å². The van der Waals surface area contributed by atoms with Crippen LogP contribution in [0.5, 0.6) is 0 Å². The van der Waals surface area contributed by atoms with Gasteiger partial charge in [-0.05, 0) is 29.6 Å². The molecule has 0 unspecified atom stereocenters. The van der Waals surface area contributed by atoms with Gasteiger partial charge in [0.25, 0.3) is 5.91 Å². The molecule has 0 aliphatic carbocycles. The molecule has 0 saturated heterocycles. The third kappa shape index (κ3) is 6.86. The van der Waals surface area contributed by atoms with E-state index in [1.165, 1.54) is 36.0 Å². The van der Waals surface area contributed by atoms with Crippen molar-refractivity contribution < 1.29 is 22.7 Å². The molecular formula is C15H16N2O5S3. The number of hydrogen-bond donors (Lipinski definition) is 2. The van der Waals surface area contributed by atoms with E-state index in [0.717, 1.165) is 4.88 Å². The highest BCUT2D eigenvalue weighted by Crippen LogP contribution is 2.17. The lowest BCUT2D eigenvalue weighted by Gasteiger charge is -2.07. The molecule has 7 nitrogen and oxygen atoms in total. The number of sulfonamides is 1. The lowest BCUT2D eigenvalue weighted by Crippen LogP contribution is -2.22. The van der Waals surface area contributed by atoms with Crippen molar-refractivity contribution in [3.05, 3.63) is 46.7 Å². The van der Waals surface area contributed by atoms with Gasteiger partial charge in [-0.15, -0.1) is 23.1 Å². The van der Waals surface area contributed by atoms with Crippen LogP contribution in [0.1, 0.15) is 4.88 Å². The molecule has 0 aliphatic rings. The molecule has 25 heavy (non-hydrogen) atoms. The number of carbonyl (C=O) groups excluding carboxylic acids is 2. The maximum absolute atomic E-state index is 11.8. The third-order valence-electron chi connectivity index (χ3n) is 2.85. The Morgan fingerprint density at radius 2 is 2.04 bits per heavy atom. The molecule has 3 N–H and O–H groups in total. The van der Waals surface area contributed by atoms with Gasteiger partial charge in [0.2, 0.25) is 10.0 Å². The van der Waals surface area contributed by atoms with Gasteiger partial charge in [0.05, 0.1) is 10.6 Å². The van der Waals surface area contributed by atoms with Gasteiger partial charge in [0, 0.05) is 16.3 Å². The van der Waals surface area contributed by atoms with Crippen molar-refractivity contribution in [2.45, 2.75) is 10.6 Å². The highest BCUT2D eigenvalue weighted by Gasteiger charge is 2.11. The quantitative estimate of drug-likeness (QED) is 0.653. The van der Waals surface area contributed by atoms with E-state index in [9.17, 15) is 18.0 Å². The summed E-state index contributed by atoms with van der Waals surface area (Å²) in [5, 5.41) is 9.43. The molecule has 2 aromatic rings. The van der Waals surface area contributed by atoms with Gasteiger partial charge in [-0.3, -0.25) is 9.59 Å². The van der Waals surface area contributed by atoms with Crippen molar-refractivity contribution in [1.29, 1.82) is 0 Å². The van der Waals surface area contributed by atoms with Gasteiger partial charge in [0.1, 0.15) is 0 Å². The summed E-state index contributed by atoms with van der Waals surface area (Å²) < 4.78 is 27.4. The first-order valence-electron chi connectivity index (χ1n) is 7.03. The molecule has 0 bridgehead atoms. The van der Waals surface area contributed by atoms with Crippen molar-refractivity contribution in [3.63, 3.8) is 0 Å². The van der Waals surface area contributed by atoms with Crippen LogP contribution in [-0.2, 0) is 30.1 Å². The monoisotopic (exact) mass is 400 g/mol. The fraction of sp³-hybridized carbons (Fsp3) is 0.200. The minimum atomic E-state index is -3.85. The molecule has 10 heteroatoms. The number of carbonyl (C=O) groups is 2. The second-order valence-electron chi connectivity index (χ2n) is 4.85. The van der Waals surface area contributed by atoms with E-state index in [0.29, 0.717) is 5.75 Å². The predicted molar refractivity (Wildman–Crippen MR) is 97.9 cm³/mol. The number of hydrogen-bond acceptors (Lipinski definition) is 7. The number of nitrogens with two attached hydrogens (primary N) is 1. The molecule has 0 spiro atoms. The Morgan fingerprint density at radius 3 is 2.72 bits per heavy atom. The van der Waals surface area contributed by atoms with Gasteiger partial charge in [-0.1, -0.05) is 12.1 Å². The average Bonchev–Trinajstić information content (AvgIpc) is 3.06. The first-order chi connectivity index (χ1) is 11.8. The van der Waals surface area contributed by atoms with Crippen LogP contribution in [0.15, 0.2) is 46.7 Å². The summed E-state index contributed by atoms with van der Waals surface area (Å²) in [6.07, 6.45) is 0. The van der Waals surface area contributed by atoms with Crippen LogP contribution in [0.25, 0.3) is 0 Å². The Kier molecular flexibility index (Phi) is 7.00. The van der Waals surface area contributed by atoms with Gasteiger partial charge < -0.3 is 10.1 Å². The van der Waals surface area contributed by atoms with Crippen molar-refractivity contribution in [3.8, 4) is 0 Å². The van der Waals surface area contributed by atoms with E-state index in [2.05, 4.69) is 5.32 Å². The van der Waals surface area contributed by atoms with Crippen molar-refractivity contribution in [2.75, 3.05) is 17.7 Å². The lowest BCUT2D eigenvalue weighted by atomic mass is 10.3. The number of nitrogens with one attached hydrogen (secondary N) is 1. The summed E-state index contributed by atoms with van der Waals surface area (Å²) in [6.45, 7) is -0.446. The smallest absolute Gasteiger partial charge is 0.316 e. The minimum Gasteiger partial charge on any atom is -0.455 e. The first-order valence-corrected chi connectivity index (χ1v) is 10.6. The highest BCUT2D eigenvalue weighted by atomic mass is 32.2. The van der Waals surface area contributed by atoms with E-state index in [1.54, 1.807) is 11.3 Å². The van der Waals surface area contributed by atoms with Gasteiger partial charge >= 0.3 is 5.97 Å². The van der Waals surface area contributed by atoms with Crippen molar-refractivity contribution in [2.24, 2.45) is 5.14 Å². The minimum absolute atomic E-state index is 0.118. The molecule has 2 rings (SSSR count). The van der Waals surface area contributed by atoms with Crippen LogP contribution in [0.2, 0.25) is 0 Å². The number of esters is 1. The standard InChI is InChI=1S/C15H16N2O5S3/c16-25(20,21)13-5-1-3-11(7-13)17-14(18)8-22-15(19)10-23-9-12-4-2-6-24-12/h1-7H,8-10H2,(H,17,18)(H2,16,20,21). The zero-order valence-corrected chi connectivity index (χ0v) is 15.5. The van der Waals surface area contributed by atoms with E-state index in [4.69, 9.17) is 9.88 Å². The summed E-state index contributed by atoms with van der Waals surface area (Å²) >= 11 is 3.01. The molecule has 0 atom stereocenters. The van der Waals surface area contributed by atoms with E-state index in [1.807, 2.05) is 17.5 Å². The molecular weight excluding hydrogens is 384 g/mol. The van der Waals surface area contributed by atoms with Gasteiger partial charge in [-0.2, -0.15) is 0 Å². The zero-order valence-electron chi connectivity index (χ0n) is 13.0. The van der Waals surface area contributed by atoms with Crippen LogP contribution in [-0.4, -0.2) is 32.7 Å². The fourth-order valence-corrected chi connectivity index (χ4v) is 3.99. The van der Waals surface area contributed by atoms with Crippen molar-refractivity contribution >= 4 is 50.7 Å². The predicted octanol–water partition coefficient (Wildman–Crippen LogP) is 1.81. The summed E-state index contributed by atoms with van der Waals surface area (Å²) in [5.41, 5.74) is 0.250. The number of thioether (sulfide) groups is 1. The molecule has 0 aliphatic heterocycles. The Balaban J connectivity index is 1.74. The molecule has 1 heterocycles. The van der Waals surface area contributed by atoms with Gasteiger partial charge in [-0.25, -0.2) is 13.6 Å². The number of anilines is 1. The normalized spacial score (nSPS) is 11.1. The van der Waals surface area contributed by atoms with E-state index in [-0.39, 0.29) is 16.3 Å². The zero-order chi connectivity index (χ0) is 18.3. The number of benzene rings is 1. The molecule has 1 aromatic carbocycles. The summed E-state index contributed by atoms with van der Waals surface area (Å²) in [5.74, 6) is -0.205. The number of thiophene rings is 1. The van der Waals surface area contributed by atoms with Crippen LogP contribution in [0.3, 0.4) is 0 Å². The Hall–Kier alpha value is -1.88. The average molecular weight is 401 g/mol. The summed E-state index contributed by atoms with van der Waals surface area (Å²) in [4.78, 5) is 24.4. The first kappa shape index (κ1) is 19.4. The number of amides is 1. The van der Waals surface area contributed by atoms with Crippen LogP contribution in [0.4, 0.5) is 5.69 Å². The molecule has 134 valence electrons. The number of ether oxygens (including phenoxy) is 1. The van der Waals surface area contributed by atoms with Crippen LogP contribution in [0, 0.1) is 0 Å². The fourth-order valence-electron chi connectivity index (χ4n) is 1.77. The lowest BCUT2D eigenvalue weighted by molar-refractivity contribution is -0.144. The van der Waals surface area contributed by atoms with E-state index < -0.39 is 28.5 Å². The molecule has 0 saturated carbocycles. The molecule has 0 radical (unpaired) electrons. The Morgan fingerprint density at radius 1 is 1.24 bits per heavy atom. The second kappa shape index (κ2) is 8.99. The van der Waals surface area contributed by atoms with Crippen LogP contribution < -0.4 is 10.5 Å². The number of primary sulfonamides is 1. The maximum atomic E-state index is 11.8. The number of rotatable bonds is 8. The maximum Gasteiger partial charge on any atom is 0.316 e. The van der Waals surface area contributed by atoms with E-state index >= 15 is 0 Å². The summed E-state index contributed by atoms with van der Waals surface area (Å²) in [7, 11) is -3.85. The molecule has 1 aromatic heterocycles. The largest absolute Gasteiger partial charge is 0.455 e. The summed E-state index contributed by atoms with van der Waals surface area (Å²) in [6, 6.07) is 9.41. The molecule has 1 amide bonds. The Labute approximate surface area is 153 Å².